The number of hydrogen-bond donors (Lipinski definition) is 3. The minimum absolute atomic E-state index is 0.567. The fourth-order valence-corrected chi connectivity index (χ4v) is 3.14. The molecule has 0 bridgehead atoms. The van der Waals surface area contributed by atoms with E-state index in [0.29, 0.717) is 19.3 Å². The van der Waals surface area contributed by atoms with Gasteiger partial charge in [-0.3, -0.25) is 4.57 Å². The van der Waals surface area contributed by atoms with E-state index in [-0.39, 0.29) is 0 Å². The highest BCUT2D eigenvalue weighted by atomic mass is 31.2. The third kappa shape index (κ3) is 6.87. The molecule has 4 nitrogen and oxygen atoms in total. The maximum atomic E-state index is 11.4. The van der Waals surface area contributed by atoms with Crippen LogP contribution in [0, 0.1) is 0 Å². The van der Waals surface area contributed by atoms with E-state index in [9.17, 15) is 14.4 Å². The van der Waals surface area contributed by atoms with Gasteiger partial charge in [-0.05, 0) is 19.3 Å². The van der Waals surface area contributed by atoms with Crippen LogP contribution in [0.25, 0.3) is 0 Å². The lowest BCUT2D eigenvalue weighted by molar-refractivity contribution is 0.300. The molecule has 0 saturated carbocycles. The first kappa shape index (κ1) is 19.0. The summed E-state index contributed by atoms with van der Waals surface area (Å²) >= 11 is 0. The number of unbranched alkanes of at least 4 members (excludes halogenated alkanes) is 2. The summed E-state index contributed by atoms with van der Waals surface area (Å²) in [7, 11) is -3.95. The number of hydrogen-bond acceptors (Lipinski definition) is 2. The zero-order valence-electron chi connectivity index (χ0n) is 11.2. The Balaban J connectivity index is 0. The molecule has 5 heteroatoms. The summed E-state index contributed by atoms with van der Waals surface area (Å²) < 4.78 is 11.4. The van der Waals surface area contributed by atoms with Gasteiger partial charge in [-0.15, -0.1) is 0 Å². The lowest BCUT2D eigenvalue weighted by Crippen LogP contribution is -2.27. The van der Waals surface area contributed by atoms with Crippen LogP contribution < -0.4 is 0 Å². The average Bonchev–Trinajstić information content (AvgIpc) is 2.24. The molecule has 0 aromatic rings. The van der Waals surface area contributed by atoms with Crippen molar-refractivity contribution in [2.24, 2.45) is 0 Å². The van der Waals surface area contributed by atoms with Crippen molar-refractivity contribution in [1.82, 2.24) is 0 Å². The quantitative estimate of drug-likeness (QED) is 0.370. The van der Waals surface area contributed by atoms with Crippen molar-refractivity contribution in [2.45, 2.75) is 64.5 Å². The Morgan fingerprint density at radius 2 is 1.59 bits per heavy atom. The largest absolute Gasteiger partial charge is 0.516 e. The van der Waals surface area contributed by atoms with Crippen molar-refractivity contribution >= 4 is 7.60 Å². The second-order valence-electron chi connectivity index (χ2n) is 4.12. The van der Waals surface area contributed by atoms with E-state index < -0.39 is 12.8 Å². The standard InChI is InChI=1S/C10H23O3P.C2H4O/c1-4-7-8-9-10(5-2,6-3)14(11,12)13;1-2-3/h4-9H2,1-3H3,(H2,11,12,13);2-3H,1H2. The molecule has 3 N–H and O–H groups in total. The molecular formula is C12H27O4P. The zero-order valence-corrected chi connectivity index (χ0v) is 12.1. The van der Waals surface area contributed by atoms with Crippen LogP contribution in [0.5, 0.6) is 0 Å². The molecule has 0 rings (SSSR count). The Hall–Kier alpha value is -0.310. The summed E-state index contributed by atoms with van der Waals surface area (Å²) in [5.41, 5.74) is 0. The van der Waals surface area contributed by atoms with Gasteiger partial charge in [-0.25, -0.2) is 0 Å². The summed E-state index contributed by atoms with van der Waals surface area (Å²) in [5, 5.41) is 6.57. The minimum Gasteiger partial charge on any atom is -0.516 e. The van der Waals surface area contributed by atoms with Crippen molar-refractivity contribution in [1.29, 1.82) is 0 Å². The van der Waals surface area contributed by atoms with Gasteiger partial charge in [0.25, 0.3) is 0 Å². The van der Waals surface area contributed by atoms with Crippen molar-refractivity contribution in [2.75, 3.05) is 0 Å². The molecule has 0 saturated heterocycles. The molecule has 0 aliphatic heterocycles. The van der Waals surface area contributed by atoms with Crippen LogP contribution in [0.2, 0.25) is 0 Å². The molecule has 0 aromatic heterocycles. The number of aliphatic hydroxyl groups excluding tert-OH is 1. The highest BCUT2D eigenvalue weighted by Crippen LogP contribution is 2.56. The van der Waals surface area contributed by atoms with Crippen molar-refractivity contribution in [3.05, 3.63) is 12.8 Å². The van der Waals surface area contributed by atoms with E-state index in [0.717, 1.165) is 25.5 Å². The monoisotopic (exact) mass is 266 g/mol. The molecule has 0 unspecified atom stereocenters. The molecule has 0 amide bonds. The molecular weight excluding hydrogens is 239 g/mol. The van der Waals surface area contributed by atoms with Crippen molar-refractivity contribution in [3.8, 4) is 0 Å². The minimum atomic E-state index is -3.95. The summed E-state index contributed by atoms with van der Waals surface area (Å²) in [6, 6.07) is 0. The second-order valence-corrected chi connectivity index (χ2v) is 6.15. The first-order chi connectivity index (χ1) is 7.85. The molecule has 0 radical (unpaired) electrons. The van der Waals surface area contributed by atoms with Gasteiger partial charge in [0.2, 0.25) is 0 Å². The van der Waals surface area contributed by atoms with Crippen LogP contribution >= 0.6 is 7.60 Å². The van der Waals surface area contributed by atoms with Gasteiger partial charge >= 0.3 is 7.60 Å². The SMILES string of the molecule is C=CO.CCCCCC(CC)(CC)P(=O)(O)O. The Morgan fingerprint density at radius 1 is 1.18 bits per heavy atom. The Morgan fingerprint density at radius 3 is 1.82 bits per heavy atom. The molecule has 0 atom stereocenters. The highest BCUT2D eigenvalue weighted by Gasteiger charge is 2.42. The van der Waals surface area contributed by atoms with E-state index >= 15 is 0 Å². The summed E-state index contributed by atoms with van der Waals surface area (Å²) in [4.78, 5) is 18.7. The van der Waals surface area contributed by atoms with Crippen LogP contribution in [0.1, 0.15) is 59.3 Å². The molecule has 0 aliphatic carbocycles. The topological polar surface area (TPSA) is 77.8 Å². The normalized spacial score (nSPS) is 11.6. The Kier molecular flexibility index (Phi) is 10.9. The lowest BCUT2D eigenvalue weighted by atomic mass is 9.95. The van der Waals surface area contributed by atoms with Gasteiger partial charge in [0.1, 0.15) is 0 Å². The smallest absolute Gasteiger partial charge is 0.331 e. The summed E-state index contributed by atoms with van der Waals surface area (Å²) in [6.45, 7) is 8.75. The van der Waals surface area contributed by atoms with Gasteiger partial charge in [0.15, 0.2) is 0 Å². The molecule has 17 heavy (non-hydrogen) atoms. The fraction of sp³-hybridized carbons (Fsp3) is 0.833. The summed E-state index contributed by atoms with van der Waals surface area (Å²) in [5.74, 6) is 0. The number of rotatable bonds is 7. The van der Waals surface area contributed by atoms with Crippen LogP contribution in [-0.2, 0) is 4.57 Å². The molecule has 0 spiro atoms. The maximum absolute atomic E-state index is 11.4. The van der Waals surface area contributed by atoms with Crippen LogP contribution in [0.3, 0.4) is 0 Å². The molecule has 0 fully saturated rings. The van der Waals surface area contributed by atoms with Crippen LogP contribution in [0.15, 0.2) is 12.8 Å². The first-order valence-corrected chi connectivity index (χ1v) is 7.77. The second kappa shape index (κ2) is 9.69. The summed E-state index contributed by atoms with van der Waals surface area (Å²) in [6.07, 6.45) is 5.60. The first-order valence-electron chi connectivity index (χ1n) is 6.15. The van der Waals surface area contributed by atoms with Crippen LogP contribution in [0.4, 0.5) is 0 Å². The molecule has 0 aliphatic rings. The van der Waals surface area contributed by atoms with Gasteiger partial charge in [0.05, 0.1) is 11.4 Å². The third-order valence-corrected chi connectivity index (χ3v) is 5.27. The van der Waals surface area contributed by atoms with E-state index in [4.69, 9.17) is 5.11 Å². The maximum Gasteiger partial charge on any atom is 0.331 e. The van der Waals surface area contributed by atoms with Crippen molar-refractivity contribution in [3.63, 3.8) is 0 Å². The van der Waals surface area contributed by atoms with E-state index in [1.807, 2.05) is 13.8 Å². The molecule has 104 valence electrons. The molecule has 0 heterocycles. The Labute approximate surface area is 105 Å². The Bertz CT molecular complexity index is 231. The average molecular weight is 266 g/mol. The van der Waals surface area contributed by atoms with Gasteiger partial charge in [-0.1, -0.05) is 46.6 Å². The third-order valence-electron chi connectivity index (χ3n) is 3.18. The van der Waals surface area contributed by atoms with E-state index in [2.05, 4.69) is 13.5 Å². The lowest BCUT2D eigenvalue weighted by Gasteiger charge is -2.32. The van der Waals surface area contributed by atoms with Gasteiger partial charge < -0.3 is 14.9 Å². The van der Waals surface area contributed by atoms with Gasteiger partial charge in [-0.2, -0.15) is 0 Å². The van der Waals surface area contributed by atoms with E-state index in [1.165, 1.54) is 0 Å². The predicted octanol–water partition coefficient (Wildman–Crippen LogP) is 3.99. The van der Waals surface area contributed by atoms with Crippen LogP contribution in [-0.4, -0.2) is 20.0 Å². The van der Waals surface area contributed by atoms with E-state index in [1.54, 1.807) is 0 Å². The predicted molar refractivity (Wildman–Crippen MR) is 72.3 cm³/mol. The van der Waals surface area contributed by atoms with Gasteiger partial charge in [0, 0.05) is 0 Å². The highest BCUT2D eigenvalue weighted by molar-refractivity contribution is 7.53. The zero-order chi connectivity index (χ0) is 13.9. The fourth-order valence-electron chi connectivity index (χ4n) is 1.87. The molecule has 0 aromatic carbocycles. The number of aliphatic hydroxyl groups is 1. The van der Waals surface area contributed by atoms with Crippen molar-refractivity contribution < 1.29 is 19.5 Å².